The molecule has 0 radical (unpaired) electrons. The van der Waals surface area contributed by atoms with E-state index >= 15 is 0 Å². The first-order chi connectivity index (χ1) is 13.0. The van der Waals surface area contributed by atoms with Crippen molar-refractivity contribution in [2.75, 3.05) is 26.7 Å². The molecule has 2 N–H and O–H groups in total. The van der Waals surface area contributed by atoms with Gasteiger partial charge in [-0.3, -0.25) is 9.59 Å². The second kappa shape index (κ2) is 8.74. The average Bonchev–Trinajstić information content (AvgIpc) is 3.02. The van der Waals surface area contributed by atoms with Crippen LogP contribution in [0.1, 0.15) is 50.6 Å². The van der Waals surface area contributed by atoms with Gasteiger partial charge < -0.3 is 20.3 Å². The van der Waals surface area contributed by atoms with Gasteiger partial charge in [-0.25, -0.2) is 0 Å². The average molecular weight is 373 g/mol. The van der Waals surface area contributed by atoms with Crippen LogP contribution in [0.15, 0.2) is 24.3 Å². The quantitative estimate of drug-likeness (QED) is 0.830. The molecule has 148 valence electrons. The van der Waals surface area contributed by atoms with Crippen LogP contribution in [0.25, 0.3) is 0 Å². The summed E-state index contributed by atoms with van der Waals surface area (Å²) in [5.41, 5.74) is 7.07. The molecule has 2 heterocycles. The highest BCUT2D eigenvalue weighted by molar-refractivity contribution is 5.90. The van der Waals surface area contributed by atoms with Gasteiger partial charge in [0.2, 0.25) is 11.8 Å². The van der Waals surface area contributed by atoms with Gasteiger partial charge >= 0.3 is 0 Å². The van der Waals surface area contributed by atoms with Crippen LogP contribution in [0, 0.1) is 5.92 Å². The molecule has 27 heavy (non-hydrogen) atoms. The molecule has 0 spiro atoms. The third-order valence-corrected chi connectivity index (χ3v) is 5.73. The molecule has 6 nitrogen and oxygen atoms in total. The molecule has 0 aromatic heterocycles. The van der Waals surface area contributed by atoms with E-state index < -0.39 is 0 Å². The largest absolute Gasteiger partial charge is 0.497 e. The van der Waals surface area contributed by atoms with Gasteiger partial charge in [-0.15, -0.1) is 0 Å². The van der Waals surface area contributed by atoms with Gasteiger partial charge in [-0.05, 0) is 37.0 Å². The minimum atomic E-state index is -0.340. The Labute approximate surface area is 161 Å². The summed E-state index contributed by atoms with van der Waals surface area (Å²) >= 11 is 0. The SMILES string of the molecule is CCCCN1C(=O)CC(C(=O)N2CCCC(N)C2)C1c1ccc(OC)cc1. The zero-order chi connectivity index (χ0) is 19.4. The van der Waals surface area contributed by atoms with Crippen molar-refractivity contribution < 1.29 is 14.3 Å². The first-order valence-corrected chi connectivity index (χ1v) is 10.0. The molecule has 0 bridgehead atoms. The Balaban J connectivity index is 1.87. The fourth-order valence-electron chi connectivity index (χ4n) is 4.26. The fourth-order valence-corrected chi connectivity index (χ4v) is 4.26. The molecule has 0 saturated carbocycles. The number of rotatable bonds is 6. The standard InChI is InChI=1S/C21H31N3O3/c1-3-4-12-24-19(25)13-18(21(26)23-11-5-6-16(22)14-23)20(24)15-7-9-17(27-2)10-8-15/h7-10,16,18,20H,3-6,11-14,22H2,1-2H3. The molecular weight excluding hydrogens is 342 g/mol. The van der Waals surface area contributed by atoms with E-state index in [9.17, 15) is 9.59 Å². The maximum atomic E-state index is 13.3. The second-order valence-electron chi connectivity index (χ2n) is 7.66. The molecular formula is C21H31N3O3. The zero-order valence-electron chi connectivity index (χ0n) is 16.4. The van der Waals surface area contributed by atoms with Crippen LogP contribution in [0.3, 0.4) is 0 Å². The summed E-state index contributed by atoms with van der Waals surface area (Å²) in [6.07, 6.45) is 4.12. The second-order valence-corrected chi connectivity index (χ2v) is 7.66. The molecule has 1 aromatic carbocycles. The number of piperidine rings is 1. The van der Waals surface area contributed by atoms with Crippen LogP contribution in [0.2, 0.25) is 0 Å². The topological polar surface area (TPSA) is 75.9 Å². The third-order valence-electron chi connectivity index (χ3n) is 5.73. The molecule has 1 aromatic rings. The predicted molar refractivity (Wildman–Crippen MR) is 104 cm³/mol. The monoisotopic (exact) mass is 373 g/mol. The number of methoxy groups -OCH3 is 1. The molecule has 2 amide bonds. The van der Waals surface area contributed by atoms with Crippen molar-refractivity contribution in [3.8, 4) is 5.75 Å². The Bertz CT molecular complexity index is 661. The summed E-state index contributed by atoms with van der Waals surface area (Å²) in [5, 5.41) is 0. The lowest BCUT2D eigenvalue weighted by atomic mass is 9.91. The van der Waals surface area contributed by atoms with Crippen molar-refractivity contribution in [3.63, 3.8) is 0 Å². The van der Waals surface area contributed by atoms with E-state index in [1.807, 2.05) is 34.1 Å². The summed E-state index contributed by atoms with van der Waals surface area (Å²) in [7, 11) is 1.63. The number of ether oxygens (including phenoxy) is 1. The van der Waals surface area contributed by atoms with E-state index in [0.717, 1.165) is 43.5 Å². The number of benzene rings is 1. The van der Waals surface area contributed by atoms with Crippen LogP contribution in [0.5, 0.6) is 5.75 Å². The van der Waals surface area contributed by atoms with Crippen molar-refractivity contribution in [1.82, 2.24) is 9.80 Å². The third kappa shape index (κ3) is 4.26. The van der Waals surface area contributed by atoms with Gasteiger partial charge in [0.25, 0.3) is 0 Å². The number of carbonyl (C=O) groups excluding carboxylic acids is 2. The van der Waals surface area contributed by atoms with Gasteiger partial charge in [0, 0.05) is 32.1 Å². The maximum Gasteiger partial charge on any atom is 0.228 e. The normalized spacial score (nSPS) is 25.7. The van der Waals surface area contributed by atoms with Gasteiger partial charge in [0.05, 0.1) is 19.1 Å². The minimum Gasteiger partial charge on any atom is -0.497 e. The molecule has 0 aliphatic carbocycles. The Morgan fingerprint density at radius 1 is 1.30 bits per heavy atom. The molecule has 3 rings (SSSR count). The first kappa shape index (κ1) is 19.7. The van der Waals surface area contributed by atoms with Gasteiger partial charge in [-0.1, -0.05) is 25.5 Å². The van der Waals surface area contributed by atoms with Gasteiger partial charge in [0.15, 0.2) is 0 Å². The summed E-state index contributed by atoms with van der Waals surface area (Å²) in [5.74, 6) is 0.573. The predicted octanol–water partition coefficient (Wildman–Crippen LogP) is 2.33. The van der Waals surface area contributed by atoms with Crippen LogP contribution < -0.4 is 10.5 Å². The zero-order valence-corrected chi connectivity index (χ0v) is 16.4. The number of hydrogen-bond acceptors (Lipinski definition) is 4. The Hall–Kier alpha value is -2.08. The molecule has 3 atom stereocenters. The number of carbonyl (C=O) groups is 2. The number of likely N-dealkylation sites (tertiary alicyclic amines) is 2. The Morgan fingerprint density at radius 2 is 2.04 bits per heavy atom. The molecule has 6 heteroatoms. The smallest absolute Gasteiger partial charge is 0.228 e. The summed E-state index contributed by atoms with van der Waals surface area (Å²) in [6.45, 7) is 4.13. The van der Waals surface area contributed by atoms with Crippen molar-refractivity contribution >= 4 is 11.8 Å². The molecule has 3 unspecified atom stereocenters. The number of nitrogens with two attached hydrogens (primary N) is 1. The fraction of sp³-hybridized carbons (Fsp3) is 0.619. The first-order valence-electron chi connectivity index (χ1n) is 10.0. The van der Waals surface area contributed by atoms with Crippen molar-refractivity contribution in [3.05, 3.63) is 29.8 Å². The van der Waals surface area contributed by atoms with E-state index in [0.29, 0.717) is 13.1 Å². The van der Waals surface area contributed by atoms with Crippen molar-refractivity contribution in [1.29, 1.82) is 0 Å². The van der Waals surface area contributed by atoms with Gasteiger partial charge in [0.1, 0.15) is 5.75 Å². The van der Waals surface area contributed by atoms with E-state index in [2.05, 4.69) is 6.92 Å². The molecule has 2 aliphatic heterocycles. The minimum absolute atomic E-state index is 0.0374. The van der Waals surface area contributed by atoms with Gasteiger partial charge in [-0.2, -0.15) is 0 Å². The Morgan fingerprint density at radius 3 is 2.67 bits per heavy atom. The van der Waals surface area contributed by atoms with Crippen molar-refractivity contribution in [2.45, 2.75) is 51.1 Å². The molecule has 2 saturated heterocycles. The molecule has 2 fully saturated rings. The van der Waals surface area contributed by atoms with Crippen LogP contribution in [-0.2, 0) is 9.59 Å². The lowest BCUT2D eigenvalue weighted by Crippen LogP contribution is -2.48. The number of nitrogens with zero attached hydrogens (tertiary/aromatic N) is 2. The van der Waals surface area contributed by atoms with E-state index in [1.54, 1.807) is 7.11 Å². The highest BCUT2D eigenvalue weighted by Gasteiger charge is 2.45. The number of amides is 2. The summed E-state index contributed by atoms with van der Waals surface area (Å²) in [4.78, 5) is 29.8. The number of unbranched alkanes of at least 4 members (excludes halogenated alkanes) is 1. The summed E-state index contributed by atoms with van der Waals surface area (Å²) < 4.78 is 5.26. The van der Waals surface area contributed by atoms with Crippen molar-refractivity contribution in [2.24, 2.45) is 11.7 Å². The highest BCUT2D eigenvalue weighted by Crippen LogP contribution is 2.40. The van der Waals surface area contributed by atoms with Crippen LogP contribution in [-0.4, -0.2) is 54.4 Å². The maximum absolute atomic E-state index is 13.3. The van der Waals surface area contributed by atoms with Crippen LogP contribution >= 0.6 is 0 Å². The van der Waals surface area contributed by atoms with Crippen LogP contribution in [0.4, 0.5) is 0 Å². The number of hydrogen-bond donors (Lipinski definition) is 1. The van der Waals surface area contributed by atoms with E-state index in [4.69, 9.17) is 10.5 Å². The lowest BCUT2D eigenvalue weighted by Gasteiger charge is -2.35. The van der Waals surface area contributed by atoms with E-state index in [1.165, 1.54) is 0 Å². The summed E-state index contributed by atoms with van der Waals surface area (Å²) in [6, 6.07) is 7.58. The van der Waals surface area contributed by atoms with E-state index in [-0.39, 0.29) is 36.2 Å². The Kier molecular flexibility index (Phi) is 6.37. The molecule has 2 aliphatic rings. The highest BCUT2D eigenvalue weighted by atomic mass is 16.5. The lowest BCUT2D eigenvalue weighted by molar-refractivity contribution is -0.137.